The second-order valence-electron chi connectivity index (χ2n) is 9.71. The summed E-state index contributed by atoms with van der Waals surface area (Å²) in [5.74, 6) is 0.847. The highest BCUT2D eigenvalue weighted by molar-refractivity contribution is 7.87. The number of aromatic nitrogens is 2. The maximum absolute atomic E-state index is 12.9. The first-order valence-corrected chi connectivity index (χ1v) is 14.0. The summed E-state index contributed by atoms with van der Waals surface area (Å²) in [5.41, 5.74) is 0.608. The molecule has 2 fully saturated rings. The standard InChI is InChI=1S/C26H29F3N4O4S/c1-2-33-23(14-24(31-33)37-22-11-9-20(10-12-22)26(27,28)29)19-7-4-8-21(13-19)25(16-36-17-25)32-38(34,35)30-15-18-5-3-6-18/h4,7-14,18,30,32H,2-3,5-6,15-17H2,1H3. The van der Waals surface area contributed by atoms with E-state index in [-0.39, 0.29) is 24.8 Å². The van der Waals surface area contributed by atoms with Gasteiger partial charge in [0.15, 0.2) is 0 Å². The first-order chi connectivity index (χ1) is 18.1. The number of alkyl halides is 3. The van der Waals surface area contributed by atoms with Crippen LogP contribution in [0.15, 0.2) is 54.6 Å². The van der Waals surface area contributed by atoms with Crippen molar-refractivity contribution in [1.29, 1.82) is 0 Å². The molecule has 204 valence electrons. The molecule has 1 aromatic heterocycles. The minimum Gasteiger partial charge on any atom is -0.438 e. The van der Waals surface area contributed by atoms with E-state index in [9.17, 15) is 21.6 Å². The van der Waals surface area contributed by atoms with E-state index in [0.29, 0.717) is 19.0 Å². The van der Waals surface area contributed by atoms with Gasteiger partial charge in [0.1, 0.15) is 11.3 Å². The lowest BCUT2D eigenvalue weighted by molar-refractivity contribution is -0.137. The molecule has 8 nitrogen and oxygen atoms in total. The molecule has 0 unspecified atom stereocenters. The third-order valence-corrected chi connectivity index (χ3v) is 8.19. The molecule has 0 spiro atoms. The zero-order valence-electron chi connectivity index (χ0n) is 20.8. The Morgan fingerprint density at radius 2 is 1.87 bits per heavy atom. The van der Waals surface area contributed by atoms with Gasteiger partial charge in [0.2, 0.25) is 5.88 Å². The van der Waals surface area contributed by atoms with Gasteiger partial charge in [-0.3, -0.25) is 4.68 Å². The molecule has 0 amide bonds. The normalized spacial score (nSPS) is 17.6. The summed E-state index contributed by atoms with van der Waals surface area (Å²) >= 11 is 0. The summed E-state index contributed by atoms with van der Waals surface area (Å²) in [6.45, 7) is 3.25. The van der Waals surface area contributed by atoms with Crippen molar-refractivity contribution >= 4 is 10.2 Å². The average molecular weight is 551 g/mol. The van der Waals surface area contributed by atoms with Gasteiger partial charge in [0.05, 0.1) is 24.5 Å². The third-order valence-electron chi connectivity index (χ3n) is 6.99. The van der Waals surface area contributed by atoms with Crippen LogP contribution in [-0.2, 0) is 33.2 Å². The van der Waals surface area contributed by atoms with E-state index in [1.165, 1.54) is 12.1 Å². The summed E-state index contributed by atoms with van der Waals surface area (Å²) in [5, 5.41) is 4.44. The quantitative estimate of drug-likeness (QED) is 0.377. The molecule has 2 heterocycles. The zero-order chi connectivity index (χ0) is 27.0. The van der Waals surface area contributed by atoms with Gasteiger partial charge in [0.25, 0.3) is 10.2 Å². The summed E-state index contributed by atoms with van der Waals surface area (Å²) in [6, 6.07) is 13.6. The highest BCUT2D eigenvalue weighted by Crippen LogP contribution is 2.35. The molecule has 1 aliphatic carbocycles. The second-order valence-corrected chi connectivity index (χ2v) is 11.2. The summed E-state index contributed by atoms with van der Waals surface area (Å²) in [4.78, 5) is 0. The van der Waals surface area contributed by atoms with Crippen LogP contribution in [0, 0.1) is 5.92 Å². The van der Waals surface area contributed by atoms with Gasteiger partial charge in [-0.2, -0.15) is 26.3 Å². The molecular weight excluding hydrogens is 521 g/mol. The van der Waals surface area contributed by atoms with E-state index < -0.39 is 27.5 Å². The van der Waals surface area contributed by atoms with E-state index in [1.54, 1.807) is 10.7 Å². The van der Waals surface area contributed by atoms with Crippen LogP contribution in [0.4, 0.5) is 13.2 Å². The number of ether oxygens (including phenoxy) is 2. The largest absolute Gasteiger partial charge is 0.438 e. The van der Waals surface area contributed by atoms with Crippen LogP contribution in [0.5, 0.6) is 11.6 Å². The van der Waals surface area contributed by atoms with E-state index in [1.807, 2.05) is 31.2 Å². The van der Waals surface area contributed by atoms with Crippen molar-refractivity contribution in [2.24, 2.45) is 5.92 Å². The van der Waals surface area contributed by atoms with Crippen molar-refractivity contribution in [2.45, 2.75) is 44.4 Å². The van der Waals surface area contributed by atoms with E-state index in [0.717, 1.165) is 48.2 Å². The Kier molecular flexibility index (Phi) is 7.25. The fourth-order valence-electron chi connectivity index (χ4n) is 4.53. The van der Waals surface area contributed by atoms with Crippen LogP contribution in [0.1, 0.15) is 37.3 Å². The molecule has 5 rings (SSSR count). The molecule has 1 saturated heterocycles. The predicted octanol–water partition coefficient (Wildman–Crippen LogP) is 4.83. The second kappa shape index (κ2) is 10.3. The van der Waals surface area contributed by atoms with Crippen molar-refractivity contribution in [1.82, 2.24) is 19.2 Å². The summed E-state index contributed by atoms with van der Waals surface area (Å²) < 4.78 is 82.5. The molecule has 0 atom stereocenters. The van der Waals surface area contributed by atoms with Crippen LogP contribution >= 0.6 is 0 Å². The number of aryl methyl sites for hydroxylation is 1. The van der Waals surface area contributed by atoms with Crippen LogP contribution in [0.25, 0.3) is 11.3 Å². The predicted molar refractivity (Wildman–Crippen MR) is 135 cm³/mol. The Morgan fingerprint density at radius 1 is 1.13 bits per heavy atom. The Labute approximate surface area is 219 Å². The van der Waals surface area contributed by atoms with Gasteiger partial charge in [-0.25, -0.2) is 4.72 Å². The van der Waals surface area contributed by atoms with Crippen molar-refractivity contribution in [3.8, 4) is 22.9 Å². The fraction of sp³-hybridized carbons (Fsp3) is 0.423. The number of hydrogen-bond acceptors (Lipinski definition) is 5. The molecule has 1 saturated carbocycles. The maximum atomic E-state index is 12.9. The zero-order valence-corrected chi connectivity index (χ0v) is 21.6. The monoisotopic (exact) mass is 550 g/mol. The van der Waals surface area contributed by atoms with E-state index >= 15 is 0 Å². The molecule has 0 radical (unpaired) electrons. The Morgan fingerprint density at radius 3 is 2.45 bits per heavy atom. The lowest BCUT2D eigenvalue weighted by atomic mass is 9.86. The van der Waals surface area contributed by atoms with Crippen molar-refractivity contribution < 1.29 is 31.1 Å². The Balaban J connectivity index is 1.36. The topological polar surface area (TPSA) is 94.5 Å². The third kappa shape index (κ3) is 5.73. The van der Waals surface area contributed by atoms with Crippen LogP contribution in [0.3, 0.4) is 0 Å². The van der Waals surface area contributed by atoms with Crippen LogP contribution in [0.2, 0.25) is 0 Å². The Hall–Kier alpha value is -2.93. The molecule has 12 heteroatoms. The molecule has 2 N–H and O–H groups in total. The van der Waals surface area contributed by atoms with Crippen LogP contribution in [-0.4, -0.2) is 38.0 Å². The minimum atomic E-state index is -4.43. The van der Waals surface area contributed by atoms with Gasteiger partial charge >= 0.3 is 6.18 Å². The van der Waals surface area contributed by atoms with Crippen LogP contribution < -0.4 is 14.2 Å². The van der Waals surface area contributed by atoms with Gasteiger partial charge < -0.3 is 9.47 Å². The van der Waals surface area contributed by atoms with Gasteiger partial charge in [-0.1, -0.05) is 24.6 Å². The lowest BCUT2D eigenvalue weighted by Gasteiger charge is -2.42. The number of nitrogens with one attached hydrogen (secondary N) is 2. The molecule has 38 heavy (non-hydrogen) atoms. The van der Waals surface area contributed by atoms with Gasteiger partial charge in [0, 0.05) is 24.7 Å². The number of nitrogens with zero attached hydrogens (tertiary/aromatic N) is 2. The molecular formula is C26H29F3N4O4S. The lowest BCUT2D eigenvalue weighted by Crippen LogP contribution is -2.61. The van der Waals surface area contributed by atoms with E-state index in [4.69, 9.17) is 9.47 Å². The highest BCUT2D eigenvalue weighted by Gasteiger charge is 2.44. The highest BCUT2D eigenvalue weighted by atomic mass is 32.2. The molecule has 0 bridgehead atoms. The number of halogens is 3. The maximum Gasteiger partial charge on any atom is 0.416 e. The Bertz CT molecular complexity index is 1380. The van der Waals surface area contributed by atoms with Gasteiger partial charge in [-0.05, 0) is 61.6 Å². The first kappa shape index (κ1) is 26.7. The van der Waals surface area contributed by atoms with E-state index in [2.05, 4.69) is 14.5 Å². The fourth-order valence-corrected chi connectivity index (χ4v) is 5.81. The average Bonchev–Trinajstić information content (AvgIpc) is 3.23. The molecule has 1 aliphatic heterocycles. The van der Waals surface area contributed by atoms with Crippen molar-refractivity contribution in [3.63, 3.8) is 0 Å². The first-order valence-electron chi connectivity index (χ1n) is 12.5. The molecule has 2 aromatic carbocycles. The smallest absolute Gasteiger partial charge is 0.416 e. The van der Waals surface area contributed by atoms with Crippen molar-refractivity contribution in [2.75, 3.05) is 19.8 Å². The van der Waals surface area contributed by atoms with Crippen molar-refractivity contribution in [3.05, 3.63) is 65.7 Å². The number of rotatable bonds is 10. The molecule has 2 aliphatic rings. The minimum absolute atomic E-state index is 0.204. The number of hydrogen-bond donors (Lipinski definition) is 2. The SMILES string of the molecule is CCn1nc(Oc2ccc(C(F)(F)F)cc2)cc1-c1cccc(C2(NS(=O)(=O)NCC3CCC3)COC2)c1. The number of benzene rings is 2. The summed E-state index contributed by atoms with van der Waals surface area (Å²) in [6.07, 6.45) is -1.22. The van der Waals surface area contributed by atoms with Gasteiger partial charge in [-0.15, -0.1) is 5.10 Å². The summed E-state index contributed by atoms with van der Waals surface area (Å²) in [7, 11) is -3.74. The molecule has 3 aromatic rings.